The van der Waals surface area contributed by atoms with Gasteiger partial charge in [0.1, 0.15) is 11.5 Å². The third kappa shape index (κ3) is 9.50. The van der Waals surface area contributed by atoms with Crippen LogP contribution < -0.4 is 9.47 Å². The Morgan fingerprint density at radius 1 is 0.643 bits per heavy atom. The monoisotopic (exact) mass is 622 g/mol. The molecule has 0 heterocycles. The number of ether oxygens (including phenoxy) is 2. The second-order valence-corrected chi connectivity index (χ2v) is 10.2. The molecule has 0 saturated carbocycles. The van der Waals surface area contributed by atoms with Crippen molar-refractivity contribution in [2.24, 2.45) is 0 Å². The summed E-state index contributed by atoms with van der Waals surface area (Å²) in [6, 6.07) is 17.9. The Morgan fingerprint density at radius 3 is 1.40 bits per heavy atom. The standard InChI is InChI=1S/C14H13F3O4S.C13H11F3O2.2CH4/c1-20-12-6-5-9-7-11(4-3-10(9)8-12)13(14(15,16)17)21-22(2,18)19;1-18-11-5-4-8-6-10(3-2-9(8)7-11)12(17)13(14,15)16;;/h3-8,13H,1-2H3;2-7,12,17H,1H3;2*1H4. The molecular formula is C29H32F6O6S. The van der Waals surface area contributed by atoms with Crippen molar-refractivity contribution in [3.05, 3.63) is 83.9 Å². The first-order valence-corrected chi connectivity index (χ1v) is 13.2. The number of methoxy groups -OCH3 is 2. The van der Waals surface area contributed by atoms with E-state index in [0.29, 0.717) is 33.9 Å². The van der Waals surface area contributed by atoms with Crippen LogP contribution in [-0.2, 0) is 14.3 Å². The van der Waals surface area contributed by atoms with Gasteiger partial charge >= 0.3 is 12.4 Å². The average molecular weight is 623 g/mol. The maximum atomic E-state index is 13.0. The Kier molecular flexibility index (Phi) is 12.2. The Balaban J connectivity index is 0.000000408. The number of fused-ring (bicyclic) bond motifs is 2. The lowest BCUT2D eigenvalue weighted by atomic mass is 10.0. The molecule has 1 N–H and O–H groups in total. The fraction of sp³-hybridized carbons (Fsp3) is 0.310. The summed E-state index contributed by atoms with van der Waals surface area (Å²) in [5, 5.41) is 11.7. The number of hydrogen-bond donors (Lipinski definition) is 1. The van der Waals surface area contributed by atoms with Gasteiger partial charge in [0.05, 0.1) is 20.5 Å². The topological polar surface area (TPSA) is 82.1 Å². The van der Waals surface area contributed by atoms with Gasteiger partial charge in [0.2, 0.25) is 0 Å². The van der Waals surface area contributed by atoms with Crippen molar-refractivity contribution in [3.8, 4) is 11.5 Å². The quantitative estimate of drug-likeness (QED) is 0.173. The first kappa shape index (κ1) is 36.5. The van der Waals surface area contributed by atoms with Crippen molar-refractivity contribution in [1.29, 1.82) is 0 Å². The van der Waals surface area contributed by atoms with Gasteiger partial charge in [0.15, 0.2) is 12.2 Å². The zero-order chi connectivity index (χ0) is 29.9. The van der Waals surface area contributed by atoms with Gasteiger partial charge in [0, 0.05) is 0 Å². The second-order valence-electron chi connectivity index (χ2n) is 8.61. The van der Waals surface area contributed by atoms with Crippen LogP contribution in [0.15, 0.2) is 72.8 Å². The second kappa shape index (κ2) is 14.1. The van der Waals surface area contributed by atoms with Crippen molar-refractivity contribution >= 4 is 31.7 Å². The number of halogens is 6. The Bertz CT molecular complexity index is 1590. The van der Waals surface area contributed by atoms with E-state index in [0.717, 1.165) is 5.39 Å². The third-order valence-corrected chi connectivity index (χ3v) is 6.18. The van der Waals surface area contributed by atoms with Crippen LogP contribution >= 0.6 is 0 Å². The average Bonchev–Trinajstić information content (AvgIpc) is 2.88. The van der Waals surface area contributed by atoms with E-state index in [1.807, 2.05) is 0 Å². The lowest BCUT2D eigenvalue weighted by Crippen LogP contribution is -2.25. The van der Waals surface area contributed by atoms with Crippen LogP contribution in [0.3, 0.4) is 0 Å². The van der Waals surface area contributed by atoms with E-state index in [1.54, 1.807) is 36.4 Å². The molecule has 4 aromatic rings. The summed E-state index contributed by atoms with van der Waals surface area (Å²) >= 11 is 0. The van der Waals surface area contributed by atoms with Crippen LogP contribution in [0.2, 0.25) is 0 Å². The summed E-state index contributed by atoms with van der Waals surface area (Å²) in [4.78, 5) is 0. The molecule has 0 radical (unpaired) electrons. The van der Waals surface area contributed by atoms with Gasteiger partial charge in [-0.05, 0) is 69.1 Å². The van der Waals surface area contributed by atoms with Crippen molar-refractivity contribution in [2.75, 3.05) is 20.5 Å². The molecule has 232 valence electrons. The fourth-order valence-electron chi connectivity index (χ4n) is 3.73. The van der Waals surface area contributed by atoms with Gasteiger partial charge in [-0.15, -0.1) is 0 Å². The van der Waals surface area contributed by atoms with E-state index in [1.165, 1.54) is 50.6 Å². The molecule has 2 unspecified atom stereocenters. The molecule has 0 aliphatic rings. The third-order valence-electron chi connectivity index (χ3n) is 5.64. The summed E-state index contributed by atoms with van der Waals surface area (Å²) < 4.78 is 113. The molecule has 0 aliphatic heterocycles. The smallest absolute Gasteiger partial charge is 0.420 e. The molecular weight excluding hydrogens is 590 g/mol. The van der Waals surface area contributed by atoms with Crippen LogP contribution in [0, 0.1) is 0 Å². The van der Waals surface area contributed by atoms with E-state index >= 15 is 0 Å². The number of alkyl halides is 6. The Hall–Kier alpha value is -3.55. The number of hydrogen-bond acceptors (Lipinski definition) is 6. The molecule has 0 spiro atoms. The minimum atomic E-state index is -4.84. The van der Waals surface area contributed by atoms with Crippen LogP contribution in [0.1, 0.15) is 38.2 Å². The molecule has 13 heteroatoms. The SMILES string of the molecule is C.C.COc1ccc2cc(C(O)C(F)(F)F)ccc2c1.COc1ccc2cc(C(OS(C)(=O)=O)C(F)(F)F)ccc2c1. The van der Waals surface area contributed by atoms with E-state index in [-0.39, 0.29) is 26.0 Å². The van der Waals surface area contributed by atoms with E-state index in [9.17, 15) is 34.8 Å². The lowest BCUT2D eigenvalue weighted by Gasteiger charge is -2.20. The minimum Gasteiger partial charge on any atom is -0.497 e. The maximum absolute atomic E-state index is 13.0. The minimum absolute atomic E-state index is 0. The Morgan fingerprint density at radius 2 is 1.02 bits per heavy atom. The number of aliphatic hydroxyl groups excluding tert-OH is 1. The van der Waals surface area contributed by atoms with Crippen molar-refractivity contribution in [2.45, 2.75) is 39.4 Å². The zero-order valence-electron chi connectivity index (χ0n) is 21.2. The van der Waals surface area contributed by atoms with Crippen LogP contribution in [-0.4, -0.2) is 46.4 Å². The molecule has 0 fully saturated rings. The predicted octanol–water partition coefficient (Wildman–Crippen LogP) is 8.14. The number of aliphatic hydroxyl groups is 1. The molecule has 4 aromatic carbocycles. The summed E-state index contributed by atoms with van der Waals surface area (Å²) in [6.45, 7) is 0. The maximum Gasteiger partial charge on any atom is 0.420 e. The lowest BCUT2D eigenvalue weighted by molar-refractivity contribution is -0.206. The van der Waals surface area contributed by atoms with Gasteiger partial charge in [0.25, 0.3) is 10.1 Å². The fourth-order valence-corrected chi connectivity index (χ4v) is 4.30. The van der Waals surface area contributed by atoms with Gasteiger partial charge in [-0.25, -0.2) is 0 Å². The predicted molar refractivity (Wildman–Crippen MR) is 150 cm³/mol. The number of rotatable bonds is 6. The first-order chi connectivity index (χ1) is 18.5. The molecule has 0 saturated heterocycles. The van der Waals surface area contributed by atoms with E-state index < -0.39 is 34.7 Å². The first-order valence-electron chi connectivity index (χ1n) is 11.4. The largest absolute Gasteiger partial charge is 0.497 e. The summed E-state index contributed by atoms with van der Waals surface area (Å²) in [5.74, 6) is 1.20. The van der Waals surface area contributed by atoms with Gasteiger partial charge in [-0.2, -0.15) is 34.8 Å². The molecule has 42 heavy (non-hydrogen) atoms. The Labute approximate surface area is 240 Å². The molecule has 6 nitrogen and oxygen atoms in total. The zero-order valence-corrected chi connectivity index (χ0v) is 22.1. The van der Waals surface area contributed by atoms with Crippen molar-refractivity contribution in [1.82, 2.24) is 0 Å². The molecule has 0 aliphatic carbocycles. The van der Waals surface area contributed by atoms with Gasteiger partial charge in [-0.3, -0.25) is 4.18 Å². The highest BCUT2D eigenvalue weighted by Crippen LogP contribution is 2.38. The van der Waals surface area contributed by atoms with Crippen molar-refractivity contribution < 1.29 is 53.5 Å². The van der Waals surface area contributed by atoms with Gasteiger partial charge in [-0.1, -0.05) is 51.3 Å². The molecule has 0 bridgehead atoms. The van der Waals surface area contributed by atoms with Crippen molar-refractivity contribution in [3.63, 3.8) is 0 Å². The van der Waals surface area contributed by atoms with Crippen LogP contribution in [0.25, 0.3) is 21.5 Å². The normalized spacial score (nSPS) is 13.2. The van der Waals surface area contributed by atoms with Crippen LogP contribution in [0.4, 0.5) is 26.3 Å². The summed E-state index contributed by atoms with van der Waals surface area (Å²) in [7, 11) is -1.26. The van der Waals surface area contributed by atoms with E-state index in [4.69, 9.17) is 14.6 Å². The molecule has 4 rings (SSSR count). The molecule has 0 aromatic heterocycles. The highest BCUT2D eigenvalue weighted by Gasteiger charge is 2.44. The molecule has 2 atom stereocenters. The molecule has 0 amide bonds. The highest BCUT2D eigenvalue weighted by atomic mass is 32.2. The van der Waals surface area contributed by atoms with Crippen LogP contribution in [0.5, 0.6) is 11.5 Å². The summed E-state index contributed by atoms with van der Waals surface area (Å²) in [5.41, 5.74) is -0.448. The highest BCUT2D eigenvalue weighted by molar-refractivity contribution is 7.86. The summed E-state index contributed by atoms with van der Waals surface area (Å²) in [6.07, 6.45) is -13.9. The van der Waals surface area contributed by atoms with Gasteiger partial charge < -0.3 is 14.6 Å². The van der Waals surface area contributed by atoms with E-state index in [2.05, 4.69) is 4.18 Å². The number of benzene rings is 4.